The van der Waals surface area contributed by atoms with Crippen LogP contribution in [0.5, 0.6) is 5.88 Å². The lowest BCUT2D eigenvalue weighted by molar-refractivity contribution is 0.102. The highest BCUT2D eigenvalue weighted by Gasteiger charge is 2.21. The van der Waals surface area contributed by atoms with Crippen molar-refractivity contribution < 1.29 is 9.53 Å². The van der Waals surface area contributed by atoms with E-state index in [9.17, 15) is 4.79 Å². The quantitative estimate of drug-likeness (QED) is 0.482. The number of anilines is 3. The Hall–Kier alpha value is -3.79. The van der Waals surface area contributed by atoms with Crippen molar-refractivity contribution in [3.63, 3.8) is 0 Å². The molecule has 10 nitrogen and oxygen atoms in total. The predicted molar refractivity (Wildman–Crippen MR) is 132 cm³/mol. The van der Waals surface area contributed by atoms with Crippen molar-refractivity contribution in [2.45, 2.75) is 32.7 Å². The predicted octanol–water partition coefficient (Wildman–Crippen LogP) is 2.73. The number of carbonyl (C=O) groups excluding carboxylic acids is 1. The Bertz CT molecular complexity index is 1150. The number of aromatic nitrogens is 4. The zero-order chi connectivity index (χ0) is 24.1. The number of nitrogens with zero attached hydrogens (tertiary/aromatic N) is 5. The number of carbonyl (C=O) groups is 1. The van der Waals surface area contributed by atoms with Crippen LogP contribution in [0.2, 0.25) is 0 Å². The molecule has 0 spiro atoms. The number of rotatable bonds is 7. The fourth-order valence-corrected chi connectivity index (χ4v) is 3.76. The van der Waals surface area contributed by atoms with Crippen molar-refractivity contribution in [3.8, 4) is 17.3 Å². The number of hydrogen-bond donors (Lipinski definition) is 3. The number of nitrogens with two attached hydrogens (primary N) is 2. The molecule has 10 heteroatoms. The summed E-state index contributed by atoms with van der Waals surface area (Å²) in [6, 6.07) is 5.31. The minimum atomic E-state index is -0.435. The van der Waals surface area contributed by atoms with Crippen LogP contribution in [0.15, 0.2) is 43.0 Å². The first-order valence-electron chi connectivity index (χ1n) is 11.4. The van der Waals surface area contributed by atoms with Crippen LogP contribution >= 0.6 is 0 Å². The van der Waals surface area contributed by atoms with Crippen molar-refractivity contribution in [1.82, 2.24) is 19.9 Å². The van der Waals surface area contributed by atoms with Crippen LogP contribution in [-0.4, -0.2) is 51.6 Å². The molecule has 1 amide bonds. The van der Waals surface area contributed by atoms with Gasteiger partial charge in [-0.1, -0.05) is 13.8 Å². The summed E-state index contributed by atoms with van der Waals surface area (Å²) in [6.45, 7) is 6.21. The van der Waals surface area contributed by atoms with Crippen molar-refractivity contribution in [3.05, 3.63) is 48.7 Å². The molecule has 1 fully saturated rings. The first-order valence-corrected chi connectivity index (χ1v) is 11.4. The summed E-state index contributed by atoms with van der Waals surface area (Å²) >= 11 is 0. The van der Waals surface area contributed by atoms with E-state index in [2.05, 4.69) is 44.0 Å². The van der Waals surface area contributed by atoms with Gasteiger partial charge in [0.25, 0.3) is 5.91 Å². The second kappa shape index (κ2) is 10.4. The maximum Gasteiger partial charge on any atom is 0.276 e. The van der Waals surface area contributed by atoms with Crippen LogP contribution in [0.4, 0.5) is 17.1 Å². The van der Waals surface area contributed by atoms with Gasteiger partial charge in [0.2, 0.25) is 5.88 Å². The van der Waals surface area contributed by atoms with Gasteiger partial charge < -0.3 is 26.4 Å². The normalized spacial score (nSPS) is 15.9. The topological polar surface area (TPSA) is 145 Å². The summed E-state index contributed by atoms with van der Waals surface area (Å²) in [5.74, 6) is 0.319. The minimum Gasteiger partial charge on any atom is -0.476 e. The Kier molecular flexibility index (Phi) is 7.17. The standard InChI is InChI=1S/C24H30N8O2/c1-15(2)14-34-22-12-28-10-19(29-22)18-6-5-17(26)23(30-18)24(33)31-20-11-27-8-7-21(20)32-9-3-4-16(25)13-32/h5-8,10-12,15-16H,3-4,9,13-14,25-26H2,1-2H3,(H,31,33)/t16-/m0/s1. The zero-order valence-electron chi connectivity index (χ0n) is 19.4. The molecule has 1 aliphatic heterocycles. The second-order valence-corrected chi connectivity index (χ2v) is 8.78. The largest absolute Gasteiger partial charge is 0.476 e. The molecule has 0 aliphatic carbocycles. The molecule has 1 saturated heterocycles. The van der Waals surface area contributed by atoms with E-state index < -0.39 is 5.91 Å². The maximum absolute atomic E-state index is 13.2. The lowest BCUT2D eigenvalue weighted by atomic mass is 10.1. The average Bonchev–Trinajstić information content (AvgIpc) is 2.83. The molecular formula is C24H30N8O2. The summed E-state index contributed by atoms with van der Waals surface area (Å²) in [5.41, 5.74) is 15.0. The Morgan fingerprint density at radius 2 is 2.03 bits per heavy atom. The highest BCUT2D eigenvalue weighted by molar-refractivity contribution is 6.07. The van der Waals surface area contributed by atoms with E-state index in [4.69, 9.17) is 16.2 Å². The molecular weight excluding hydrogens is 432 g/mol. The molecule has 4 rings (SSSR count). The minimum absolute atomic E-state index is 0.0953. The molecule has 4 heterocycles. The summed E-state index contributed by atoms with van der Waals surface area (Å²) in [6.07, 6.45) is 8.42. The summed E-state index contributed by atoms with van der Waals surface area (Å²) in [5, 5.41) is 2.92. The molecule has 34 heavy (non-hydrogen) atoms. The van der Waals surface area contributed by atoms with Gasteiger partial charge in [-0.05, 0) is 37.0 Å². The third-order valence-corrected chi connectivity index (χ3v) is 5.43. The average molecular weight is 463 g/mol. The molecule has 0 aromatic carbocycles. The molecule has 0 radical (unpaired) electrons. The lowest BCUT2D eigenvalue weighted by Crippen LogP contribution is -2.43. The second-order valence-electron chi connectivity index (χ2n) is 8.78. The number of nitrogen functional groups attached to an aromatic ring is 1. The smallest absolute Gasteiger partial charge is 0.276 e. The number of ether oxygens (including phenoxy) is 1. The van der Waals surface area contributed by atoms with Gasteiger partial charge in [-0.25, -0.2) is 9.97 Å². The van der Waals surface area contributed by atoms with E-state index in [0.29, 0.717) is 35.5 Å². The SMILES string of the molecule is CC(C)COc1cncc(-c2ccc(N)c(C(=O)Nc3cnccc3N3CCC[C@H](N)C3)n2)n1. The number of hydrogen-bond acceptors (Lipinski definition) is 9. The molecule has 1 atom stereocenters. The molecule has 0 unspecified atom stereocenters. The van der Waals surface area contributed by atoms with Crippen molar-refractivity contribution in [1.29, 1.82) is 0 Å². The first kappa shape index (κ1) is 23.4. The summed E-state index contributed by atoms with van der Waals surface area (Å²) in [4.78, 5) is 32.7. The monoisotopic (exact) mass is 462 g/mol. The van der Waals surface area contributed by atoms with Crippen LogP contribution in [-0.2, 0) is 0 Å². The van der Waals surface area contributed by atoms with Crippen LogP contribution in [0.25, 0.3) is 11.4 Å². The van der Waals surface area contributed by atoms with Crippen molar-refractivity contribution in [2.24, 2.45) is 11.7 Å². The van der Waals surface area contributed by atoms with Crippen LogP contribution in [0.1, 0.15) is 37.2 Å². The van der Waals surface area contributed by atoms with Crippen molar-refractivity contribution in [2.75, 3.05) is 35.6 Å². The molecule has 0 bridgehead atoms. The molecule has 178 valence electrons. The van der Waals surface area contributed by atoms with Crippen molar-refractivity contribution >= 4 is 23.0 Å². The summed E-state index contributed by atoms with van der Waals surface area (Å²) in [7, 11) is 0. The fraction of sp³-hybridized carbons (Fsp3) is 0.375. The third-order valence-electron chi connectivity index (χ3n) is 5.43. The third kappa shape index (κ3) is 5.57. The molecule has 3 aromatic heterocycles. The Morgan fingerprint density at radius 3 is 2.82 bits per heavy atom. The van der Waals surface area contributed by atoms with Gasteiger partial charge in [-0.2, -0.15) is 0 Å². The highest BCUT2D eigenvalue weighted by Crippen LogP contribution is 2.28. The van der Waals surface area contributed by atoms with E-state index in [0.717, 1.165) is 31.6 Å². The van der Waals surface area contributed by atoms with E-state index in [1.165, 1.54) is 0 Å². The van der Waals surface area contributed by atoms with Crippen LogP contribution in [0, 0.1) is 5.92 Å². The zero-order valence-corrected chi connectivity index (χ0v) is 19.4. The molecule has 5 N–H and O–H groups in total. The number of piperidine rings is 1. The van der Waals surface area contributed by atoms with Gasteiger partial charge in [0.15, 0.2) is 5.69 Å². The Balaban J connectivity index is 1.57. The molecule has 0 saturated carbocycles. The maximum atomic E-state index is 13.2. The van der Waals surface area contributed by atoms with Crippen LogP contribution in [0.3, 0.4) is 0 Å². The summed E-state index contributed by atoms with van der Waals surface area (Å²) < 4.78 is 5.66. The Morgan fingerprint density at radius 1 is 1.18 bits per heavy atom. The fourth-order valence-electron chi connectivity index (χ4n) is 3.76. The van der Waals surface area contributed by atoms with Gasteiger partial charge in [0, 0.05) is 25.3 Å². The first-order chi connectivity index (χ1) is 16.4. The van der Waals surface area contributed by atoms with Crippen LogP contribution < -0.4 is 26.4 Å². The highest BCUT2D eigenvalue weighted by atomic mass is 16.5. The van der Waals surface area contributed by atoms with E-state index in [1.54, 1.807) is 36.9 Å². The van der Waals surface area contributed by atoms with Gasteiger partial charge in [0.1, 0.15) is 5.69 Å². The van der Waals surface area contributed by atoms with E-state index in [-0.39, 0.29) is 17.4 Å². The Labute approximate surface area is 198 Å². The van der Waals surface area contributed by atoms with Gasteiger partial charge in [0.05, 0.1) is 48.0 Å². The lowest BCUT2D eigenvalue weighted by Gasteiger charge is -2.33. The van der Waals surface area contributed by atoms with E-state index in [1.807, 2.05) is 6.07 Å². The van der Waals surface area contributed by atoms with Gasteiger partial charge >= 0.3 is 0 Å². The number of nitrogens with one attached hydrogen (secondary N) is 1. The number of pyridine rings is 2. The van der Waals surface area contributed by atoms with Gasteiger partial charge in [-0.15, -0.1) is 0 Å². The van der Waals surface area contributed by atoms with Gasteiger partial charge in [-0.3, -0.25) is 14.8 Å². The molecule has 1 aliphatic rings. The number of amides is 1. The van der Waals surface area contributed by atoms with E-state index >= 15 is 0 Å². The molecule has 3 aromatic rings.